The predicted molar refractivity (Wildman–Crippen MR) is 91.5 cm³/mol. The summed E-state index contributed by atoms with van der Waals surface area (Å²) in [5.74, 6) is 0.939. The second kappa shape index (κ2) is 6.71. The number of aryl methyl sites for hydroxylation is 2. The average molecular weight is 313 g/mol. The molecule has 0 saturated carbocycles. The third-order valence-corrected chi connectivity index (χ3v) is 4.93. The second-order valence-electron chi connectivity index (χ2n) is 6.36. The molecule has 2 nitrogen and oxygen atoms in total. The van der Waals surface area contributed by atoms with Crippen molar-refractivity contribution in [2.75, 3.05) is 7.11 Å². The van der Waals surface area contributed by atoms with Crippen molar-refractivity contribution in [3.63, 3.8) is 0 Å². The molecular weight excluding hydrogens is 289 g/mol. The molecule has 2 aromatic carbocycles. The van der Waals surface area contributed by atoms with Gasteiger partial charge in [-0.3, -0.25) is 0 Å². The van der Waals surface area contributed by atoms with E-state index in [0.717, 1.165) is 37.0 Å². The Kier molecular flexibility index (Phi) is 4.67. The Bertz CT molecular complexity index is 698. The number of rotatable bonds is 4. The van der Waals surface area contributed by atoms with Gasteiger partial charge in [-0.2, -0.15) is 0 Å². The summed E-state index contributed by atoms with van der Waals surface area (Å²) in [6, 6.07) is 11.6. The van der Waals surface area contributed by atoms with Crippen LogP contribution < -0.4 is 10.5 Å². The summed E-state index contributed by atoms with van der Waals surface area (Å²) in [5, 5.41) is 0. The number of hydrogen-bond acceptors (Lipinski definition) is 2. The minimum Gasteiger partial charge on any atom is -0.497 e. The molecule has 3 heteroatoms. The SMILES string of the molecule is CCC(N)CC1c2ccc(F)cc2CCc2cc(OC)ccc21. The summed E-state index contributed by atoms with van der Waals surface area (Å²) in [6.45, 7) is 2.11. The number of fused-ring (bicyclic) bond motifs is 2. The standard InChI is InChI=1S/C20H24FNO/c1-3-16(22)12-20-18-8-6-15(21)10-13(18)4-5-14-11-17(23-2)7-9-19(14)20/h6-11,16,20H,3-5,12,22H2,1-2H3. The monoisotopic (exact) mass is 313 g/mol. The van der Waals surface area contributed by atoms with Crippen LogP contribution in [0.25, 0.3) is 0 Å². The van der Waals surface area contributed by atoms with Crippen LogP contribution in [-0.2, 0) is 12.8 Å². The largest absolute Gasteiger partial charge is 0.497 e. The van der Waals surface area contributed by atoms with E-state index in [9.17, 15) is 4.39 Å². The van der Waals surface area contributed by atoms with Crippen molar-refractivity contribution >= 4 is 0 Å². The molecule has 0 heterocycles. The van der Waals surface area contributed by atoms with E-state index < -0.39 is 0 Å². The Balaban J connectivity index is 2.10. The third kappa shape index (κ3) is 3.25. The number of benzene rings is 2. The molecule has 2 aromatic rings. The minimum atomic E-state index is -0.161. The maximum Gasteiger partial charge on any atom is 0.123 e. The summed E-state index contributed by atoms with van der Waals surface area (Å²) in [4.78, 5) is 0. The Morgan fingerprint density at radius 2 is 1.78 bits per heavy atom. The number of hydrogen-bond donors (Lipinski definition) is 1. The van der Waals surface area contributed by atoms with Gasteiger partial charge in [-0.25, -0.2) is 4.39 Å². The van der Waals surface area contributed by atoms with Crippen LogP contribution in [0.1, 0.15) is 47.9 Å². The van der Waals surface area contributed by atoms with Gasteiger partial charge in [0.15, 0.2) is 0 Å². The van der Waals surface area contributed by atoms with Gasteiger partial charge in [-0.05, 0) is 72.2 Å². The molecule has 2 N–H and O–H groups in total. The van der Waals surface area contributed by atoms with E-state index in [1.165, 1.54) is 16.7 Å². The molecule has 122 valence electrons. The molecule has 23 heavy (non-hydrogen) atoms. The van der Waals surface area contributed by atoms with Gasteiger partial charge in [0.25, 0.3) is 0 Å². The van der Waals surface area contributed by atoms with E-state index in [-0.39, 0.29) is 17.8 Å². The van der Waals surface area contributed by atoms with E-state index >= 15 is 0 Å². The molecule has 2 atom stereocenters. The van der Waals surface area contributed by atoms with Gasteiger partial charge in [-0.1, -0.05) is 19.1 Å². The second-order valence-corrected chi connectivity index (χ2v) is 6.36. The average Bonchev–Trinajstić information content (AvgIpc) is 2.71. The van der Waals surface area contributed by atoms with Gasteiger partial charge in [0, 0.05) is 12.0 Å². The van der Waals surface area contributed by atoms with Crippen molar-refractivity contribution in [2.45, 2.75) is 44.6 Å². The Morgan fingerprint density at radius 3 is 2.43 bits per heavy atom. The van der Waals surface area contributed by atoms with Crippen LogP contribution in [0, 0.1) is 5.82 Å². The van der Waals surface area contributed by atoms with E-state index in [4.69, 9.17) is 10.5 Å². The highest BCUT2D eigenvalue weighted by Crippen LogP contribution is 2.38. The smallest absolute Gasteiger partial charge is 0.123 e. The lowest BCUT2D eigenvalue weighted by atomic mass is 9.83. The molecule has 1 aliphatic rings. The van der Waals surface area contributed by atoms with Crippen molar-refractivity contribution < 1.29 is 9.13 Å². The van der Waals surface area contributed by atoms with E-state index in [1.807, 2.05) is 12.1 Å². The van der Waals surface area contributed by atoms with Gasteiger partial charge in [0.05, 0.1) is 7.11 Å². The number of nitrogens with two attached hydrogens (primary N) is 1. The summed E-state index contributed by atoms with van der Waals surface area (Å²) in [6.07, 6.45) is 3.58. The molecule has 2 unspecified atom stereocenters. The quantitative estimate of drug-likeness (QED) is 0.918. The van der Waals surface area contributed by atoms with Crippen molar-refractivity contribution in [1.29, 1.82) is 0 Å². The van der Waals surface area contributed by atoms with Crippen molar-refractivity contribution in [1.82, 2.24) is 0 Å². The number of ether oxygens (including phenoxy) is 1. The maximum absolute atomic E-state index is 13.7. The molecule has 0 amide bonds. The molecule has 0 saturated heterocycles. The molecule has 3 rings (SSSR count). The van der Waals surface area contributed by atoms with Crippen LogP contribution in [0.3, 0.4) is 0 Å². The zero-order chi connectivity index (χ0) is 16.4. The molecule has 1 aliphatic carbocycles. The molecule has 0 radical (unpaired) electrons. The summed E-state index contributed by atoms with van der Waals surface area (Å²) < 4.78 is 19.1. The van der Waals surface area contributed by atoms with Crippen LogP contribution in [0.2, 0.25) is 0 Å². The number of methoxy groups -OCH3 is 1. The Hall–Kier alpha value is -1.87. The van der Waals surface area contributed by atoms with Crippen LogP contribution in [-0.4, -0.2) is 13.2 Å². The van der Waals surface area contributed by atoms with Gasteiger partial charge in [0.2, 0.25) is 0 Å². The first-order valence-electron chi connectivity index (χ1n) is 8.33. The van der Waals surface area contributed by atoms with E-state index in [1.54, 1.807) is 19.2 Å². The lowest BCUT2D eigenvalue weighted by Gasteiger charge is -2.23. The highest BCUT2D eigenvalue weighted by molar-refractivity contribution is 5.47. The van der Waals surface area contributed by atoms with Gasteiger partial charge in [-0.15, -0.1) is 0 Å². The fourth-order valence-electron chi connectivity index (χ4n) is 3.56. The van der Waals surface area contributed by atoms with Gasteiger partial charge < -0.3 is 10.5 Å². The van der Waals surface area contributed by atoms with Crippen LogP contribution in [0.15, 0.2) is 36.4 Å². The maximum atomic E-state index is 13.7. The Labute approximate surface area is 137 Å². The minimum absolute atomic E-state index is 0.144. The van der Waals surface area contributed by atoms with E-state index in [2.05, 4.69) is 19.1 Å². The first-order chi connectivity index (χ1) is 11.1. The summed E-state index contributed by atoms with van der Waals surface area (Å²) in [7, 11) is 1.69. The zero-order valence-corrected chi connectivity index (χ0v) is 13.8. The fourth-order valence-corrected chi connectivity index (χ4v) is 3.56. The summed E-state index contributed by atoms with van der Waals surface area (Å²) >= 11 is 0. The van der Waals surface area contributed by atoms with Crippen LogP contribution in [0.5, 0.6) is 5.75 Å². The van der Waals surface area contributed by atoms with E-state index in [0.29, 0.717) is 0 Å². The highest BCUT2D eigenvalue weighted by atomic mass is 19.1. The normalized spacial score (nSPS) is 17.8. The van der Waals surface area contributed by atoms with Crippen LogP contribution in [0.4, 0.5) is 4.39 Å². The van der Waals surface area contributed by atoms with Crippen molar-refractivity contribution in [3.8, 4) is 5.75 Å². The first-order valence-corrected chi connectivity index (χ1v) is 8.33. The zero-order valence-electron chi connectivity index (χ0n) is 13.8. The van der Waals surface area contributed by atoms with Crippen molar-refractivity contribution in [2.24, 2.45) is 5.73 Å². The molecular formula is C20H24FNO. The molecule has 0 bridgehead atoms. The lowest BCUT2D eigenvalue weighted by molar-refractivity contribution is 0.414. The molecule has 0 aromatic heterocycles. The molecule has 0 spiro atoms. The number of halogens is 1. The topological polar surface area (TPSA) is 35.2 Å². The summed E-state index contributed by atoms with van der Waals surface area (Å²) in [5.41, 5.74) is 11.2. The third-order valence-electron chi connectivity index (χ3n) is 4.93. The highest BCUT2D eigenvalue weighted by Gasteiger charge is 2.25. The van der Waals surface area contributed by atoms with Crippen LogP contribution >= 0.6 is 0 Å². The lowest BCUT2D eigenvalue weighted by Crippen LogP contribution is -2.22. The van der Waals surface area contributed by atoms with Gasteiger partial charge >= 0.3 is 0 Å². The first kappa shape index (κ1) is 16.0. The Morgan fingerprint density at radius 1 is 1.13 bits per heavy atom. The van der Waals surface area contributed by atoms with Crippen molar-refractivity contribution in [3.05, 3.63) is 64.5 Å². The predicted octanol–water partition coefficient (Wildman–Crippen LogP) is 4.19. The van der Waals surface area contributed by atoms with Gasteiger partial charge in [0.1, 0.15) is 11.6 Å². The molecule has 0 fully saturated rings. The molecule has 0 aliphatic heterocycles. The fraction of sp³-hybridized carbons (Fsp3) is 0.400.